The van der Waals surface area contributed by atoms with Crippen molar-refractivity contribution in [3.8, 4) is 0 Å². The molecule has 0 saturated carbocycles. The van der Waals surface area contributed by atoms with Gasteiger partial charge < -0.3 is 30.5 Å². The fourth-order valence-corrected chi connectivity index (χ4v) is 6.11. The second kappa shape index (κ2) is 15.6. The smallest absolute Gasteiger partial charge is 0.288 e. The van der Waals surface area contributed by atoms with E-state index in [0.717, 1.165) is 43.4 Å². The Morgan fingerprint density at radius 2 is 1.70 bits per heavy atom. The van der Waals surface area contributed by atoms with Gasteiger partial charge in [0.2, 0.25) is 17.7 Å². The van der Waals surface area contributed by atoms with Crippen molar-refractivity contribution < 1.29 is 19.1 Å². The van der Waals surface area contributed by atoms with E-state index in [0.29, 0.717) is 24.7 Å². The Morgan fingerprint density at radius 1 is 1.00 bits per heavy atom. The molecule has 2 heterocycles. The first kappa shape index (κ1) is 34.9. The van der Waals surface area contributed by atoms with Gasteiger partial charge in [-0.05, 0) is 84.7 Å². The van der Waals surface area contributed by atoms with E-state index in [-0.39, 0.29) is 37.0 Å². The molecule has 0 aliphatic carbocycles. The van der Waals surface area contributed by atoms with Crippen molar-refractivity contribution in [3.63, 3.8) is 0 Å². The number of hydrogen-bond acceptors (Lipinski definition) is 8. The van der Waals surface area contributed by atoms with Gasteiger partial charge in [0.1, 0.15) is 11.6 Å². The summed E-state index contributed by atoms with van der Waals surface area (Å²) in [6.07, 6.45) is 3.51. The van der Waals surface area contributed by atoms with Gasteiger partial charge in [0.05, 0.1) is 12.6 Å². The molecule has 1 saturated heterocycles. The molecular weight excluding hydrogens is 582 g/mol. The molecule has 1 fully saturated rings. The number of amides is 3. The molecule has 3 amide bonds. The van der Waals surface area contributed by atoms with Gasteiger partial charge in [0.15, 0.2) is 6.10 Å². The number of nitrogens with two attached hydrogens (primary N) is 1. The maximum absolute atomic E-state index is 14.1. The molecule has 0 radical (unpaired) electrons. The van der Waals surface area contributed by atoms with Crippen LogP contribution in [0.15, 0.2) is 59.6 Å². The highest BCUT2D eigenvalue weighted by Crippen LogP contribution is 2.38. The van der Waals surface area contributed by atoms with Crippen molar-refractivity contribution in [3.05, 3.63) is 71.3 Å². The molecule has 3 atom stereocenters. The third kappa shape index (κ3) is 8.85. The van der Waals surface area contributed by atoms with E-state index >= 15 is 0 Å². The Kier molecular flexibility index (Phi) is 11.8. The highest BCUT2D eigenvalue weighted by Gasteiger charge is 2.45. The van der Waals surface area contributed by atoms with Crippen LogP contribution in [0.4, 0.5) is 0 Å². The Bertz CT molecular complexity index is 1360. The summed E-state index contributed by atoms with van der Waals surface area (Å²) in [5, 5.41) is 3.03. The number of unbranched alkanes of at least 4 members (excludes halogenated alkanes) is 2. The number of carbonyl (C=O) groups is 3. The third-order valence-corrected chi connectivity index (χ3v) is 8.78. The number of aliphatic imine (C=N–C) groups is 1. The Balaban J connectivity index is 1.51. The van der Waals surface area contributed by atoms with Gasteiger partial charge in [0, 0.05) is 25.2 Å². The van der Waals surface area contributed by atoms with E-state index < -0.39 is 17.5 Å². The lowest BCUT2D eigenvalue weighted by Gasteiger charge is -2.42. The Morgan fingerprint density at radius 3 is 2.33 bits per heavy atom. The van der Waals surface area contributed by atoms with Gasteiger partial charge in [-0.2, -0.15) is 0 Å². The molecule has 0 spiro atoms. The molecule has 2 aliphatic heterocycles. The monoisotopic (exact) mass is 633 g/mol. The van der Waals surface area contributed by atoms with Crippen LogP contribution in [0, 0.1) is 0 Å². The summed E-state index contributed by atoms with van der Waals surface area (Å²) < 4.78 is 6.46. The van der Waals surface area contributed by atoms with Crippen LogP contribution in [0.25, 0.3) is 0 Å². The SMILES string of the molecule is CN(C)CCCCC[C@H](C(=O)N1CCN(C2=NC(C)(C)C(c3ccccc3)O2)C[C@H]1C(=O)NCc1ccc(C(N)=O)cc1)N(C)C. The van der Waals surface area contributed by atoms with Crippen LogP contribution >= 0.6 is 0 Å². The molecule has 250 valence electrons. The summed E-state index contributed by atoms with van der Waals surface area (Å²) in [5.74, 6) is -0.798. The first-order valence-electron chi connectivity index (χ1n) is 16.2. The molecular formula is C35H51N7O4. The molecule has 3 N–H and O–H groups in total. The quantitative estimate of drug-likeness (QED) is 0.325. The van der Waals surface area contributed by atoms with E-state index in [9.17, 15) is 14.4 Å². The maximum atomic E-state index is 14.1. The summed E-state index contributed by atoms with van der Waals surface area (Å²) in [7, 11) is 7.99. The number of nitrogens with zero attached hydrogens (tertiary/aromatic N) is 5. The highest BCUT2D eigenvalue weighted by molar-refractivity contribution is 5.93. The maximum Gasteiger partial charge on any atom is 0.288 e. The predicted molar refractivity (Wildman–Crippen MR) is 180 cm³/mol. The zero-order chi connectivity index (χ0) is 33.4. The second-order valence-corrected chi connectivity index (χ2v) is 13.4. The van der Waals surface area contributed by atoms with Gasteiger partial charge in [0.25, 0.3) is 6.02 Å². The normalized spacial score (nSPS) is 20.0. The molecule has 11 nitrogen and oxygen atoms in total. The van der Waals surface area contributed by atoms with Crippen molar-refractivity contribution in [1.29, 1.82) is 0 Å². The average Bonchev–Trinajstić information content (AvgIpc) is 3.36. The Hall–Kier alpha value is -3.96. The van der Waals surface area contributed by atoms with E-state index in [1.807, 2.05) is 68.1 Å². The largest absolute Gasteiger partial charge is 0.454 e. The highest BCUT2D eigenvalue weighted by atomic mass is 16.5. The topological polar surface area (TPSA) is 124 Å². The van der Waals surface area contributed by atoms with Crippen molar-refractivity contribution >= 4 is 23.7 Å². The molecule has 11 heteroatoms. The number of hydrogen-bond donors (Lipinski definition) is 2. The summed E-state index contributed by atoms with van der Waals surface area (Å²) in [6, 6.07) is 16.3. The minimum Gasteiger partial charge on any atom is -0.454 e. The molecule has 46 heavy (non-hydrogen) atoms. The lowest BCUT2D eigenvalue weighted by molar-refractivity contribution is -0.147. The van der Waals surface area contributed by atoms with Gasteiger partial charge in [-0.1, -0.05) is 55.3 Å². The van der Waals surface area contributed by atoms with Crippen LogP contribution < -0.4 is 11.1 Å². The number of piperazine rings is 1. The van der Waals surface area contributed by atoms with Gasteiger partial charge in [-0.3, -0.25) is 19.3 Å². The predicted octanol–water partition coefficient (Wildman–Crippen LogP) is 2.87. The number of rotatable bonds is 13. The average molecular weight is 634 g/mol. The number of ether oxygens (including phenoxy) is 1. The molecule has 1 unspecified atom stereocenters. The lowest BCUT2D eigenvalue weighted by Crippen LogP contribution is -2.64. The Labute approximate surface area is 273 Å². The molecule has 4 rings (SSSR count). The number of carbonyl (C=O) groups excluding carboxylic acids is 3. The standard InChI is InChI=1S/C35H51N7O4/c1-35(2)30(26-13-9-7-10-14-26)46-34(38-35)41-21-22-42(33(45)28(40(5)6)15-11-8-12-20-39(3)4)29(24-41)32(44)37-23-25-16-18-27(19-17-25)31(36)43/h7,9-10,13-14,16-19,28-30H,8,11-12,15,20-24H2,1-6H3,(H2,36,43)(H,37,44)/t28-,29+,30?/m1/s1. The van der Waals surface area contributed by atoms with Crippen molar-refractivity contribution in [2.24, 2.45) is 10.7 Å². The van der Waals surface area contributed by atoms with Crippen LogP contribution in [0.5, 0.6) is 0 Å². The van der Waals surface area contributed by atoms with Crippen molar-refractivity contribution in [2.45, 2.75) is 69.8 Å². The number of likely N-dealkylation sites (N-methyl/N-ethyl adjacent to an activating group) is 1. The number of primary amides is 1. The van der Waals surface area contributed by atoms with E-state index in [2.05, 4.69) is 24.3 Å². The fourth-order valence-electron chi connectivity index (χ4n) is 6.11. The summed E-state index contributed by atoms with van der Waals surface area (Å²) in [5.41, 5.74) is 7.14. The summed E-state index contributed by atoms with van der Waals surface area (Å²) in [4.78, 5) is 52.3. The van der Waals surface area contributed by atoms with E-state index in [1.165, 1.54) is 0 Å². The molecule has 2 aromatic carbocycles. The lowest BCUT2D eigenvalue weighted by atomic mass is 9.93. The fraction of sp³-hybridized carbons (Fsp3) is 0.543. The van der Waals surface area contributed by atoms with Crippen molar-refractivity contribution in [2.75, 3.05) is 54.4 Å². The summed E-state index contributed by atoms with van der Waals surface area (Å²) >= 11 is 0. The number of nitrogens with one attached hydrogen (secondary N) is 1. The third-order valence-electron chi connectivity index (χ3n) is 8.78. The minimum atomic E-state index is -0.743. The van der Waals surface area contributed by atoms with Crippen LogP contribution in [0.2, 0.25) is 0 Å². The molecule has 0 aromatic heterocycles. The van der Waals surface area contributed by atoms with E-state index in [1.54, 1.807) is 29.2 Å². The van der Waals surface area contributed by atoms with Crippen LogP contribution in [-0.2, 0) is 20.9 Å². The van der Waals surface area contributed by atoms with Gasteiger partial charge in [-0.25, -0.2) is 4.99 Å². The minimum absolute atomic E-state index is 0.0417. The number of amidine groups is 1. The zero-order valence-corrected chi connectivity index (χ0v) is 28.2. The first-order valence-corrected chi connectivity index (χ1v) is 16.2. The molecule has 2 aromatic rings. The molecule has 2 aliphatic rings. The summed E-state index contributed by atoms with van der Waals surface area (Å²) in [6.45, 7) is 6.50. The van der Waals surface area contributed by atoms with Crippen LogP contribution in [0.3, 0.4) is 0 Å². The van der Waals surface area contributed by atoms with E-state index in [4.69, 9.17) is 15.5 Å². The number of benzene rings is 2. The second-order valence-electron chi connectivity index (χ2n) is 13.4. The van der Waals surface area contributed by atoms with Gasteiger partial charge in [-0.15, -0.1) is 0 Å². The van der Waals surface area contributed by atoms with Crippen molar-refractivity contribution in [1.82, 2.24) is 24.9 Å². The van der Waals surface area contributed by atoms with Crippen LogP contribution in [-0.4, -0.2) is 115 Å². The van der Waals surface area contributed by atoms with Gasteiger partial charge >= 0.3 is 0 Å². The first-order chi connectivity index (χ1) is 21.9. The molecule has 0 bridgehead atoms. The zero-order valence-electron chi connectivity index (χ0n) is 28.2. The van der Waals surface area contributed by atoms with Crippen LogP contribution in [0.1, 0.15) is 67.1 Å².